The number of rotatable bonds is 5. The fourth-order valence-electron chi connectivity index (χ4n) is 4.12. The van der Waals surface area contributed by atoms with Crippen molar-refractivity contribution < 1.29 is 9.18 Å². The fourth-order valence-corrected chi connectivity index (χ4v) is 4.64. The Balaban J connectivity index is 1.29. The molecule has 2 amide bonds. The fraction of sp³-hybridized carbons (Fsp3) is 0.250. The van der Waals surface area contributed by atoms with E-state index < -0.39 is 5.82 Å². The van der Waals surface area contributed by atoms with Crippen LogP contribution in [0, 0.1) is 5.82 Å². The van der Waals surface area contributed by atoms with E-state index in [1.54, 1.807) is 22.7 Å². The first-order valence-corrected chi connectivity index (χ1v) is 12.1. The van der Waals surface area contributed by atoms with Crippen molar-refractivity contribution in [2.24, 2.45) is 7.05 Å². The molecule has 2 aromatic carbocycles. The summed E-state index contributed by atoms with van der Waals surface area (Å²) in [4.78, 5) is 27.9. The summed E-state index contributed by atoms with van der Waals surface area (Å²) in [6.07, 6.45) is 3.33. The topological polar surface area (TPSA) is 100 Å². The summed E-state index contributed by atoms with van der Waals surface area (Å²) in [5, 5.41) is 9.51. The first kappa shape index (κ1) is 24.1. The maximum absolute atomic E-state index is 14.4. The van der Waals surface area contributed by atoms with Crippen LogP contribution >= 0.6 is 23.2 Å². The van der Waals surface area contributed by atoms with E-state index in [4.69, 9.17) is 23.2 Å². The largest absolute Gasteiger partial charge is 0.350 e. The number of amides is 2. The highest BCUT2D eigenvalue weighted by Gasteiger charge is 2.24. The van der Waals surface area contributed by atoms with Crippen LogP contribution < -0.4 is 16.0 Å². The predicted octanol–water partition coefficient (Wildman–Crippen LogP) is 5.66. The molecule has 0 unspecified atom stereocenters. The van der Waals surface area contributed by atoms with Crippen molar-refractivity contribution >= 4 is 63.7 Å². The molecule has 12 heteroatoms. The summed E-state index contributed by atoms with van der Waals surface area (Å²) in [5.74, 6) is 0.176. The van der Waals surface area contributed by atoms with Crippen LogP contribution in [0.25, 0.3) is 11.2 Å². The van der Waals surface area contributed by atoms with E-state index >= 15 is 0 Å². The van der Waals surface area contributed by atoms with Gasteiger partial charge in [0.1, 0.15) is 11.3 Å². The Bertz CT molecular complexity index is 1390. The number of fused-ring (bicyclic) bond motifs is 1. The molecule has 1 atom stereocenters. The molecule has 3 heterocycles. The van der Waals surface area contributed by atoms with Crippen molar-refractivity contribution in [1.82, 2.24) is 24.4 Å². The van der Waals surface area contributed by atoms with Crippen molar-refractivity contribution in [3.8, 4) is 0 Å². The van der Waals surface area contributed by atoms with Gasteiger partial charge in [0.05, 0.1) is 16.9 Å². The highest BCUT2D eigenvalue weighted by atomic mass is 35.5. The molecule has 1 aliphatic rings. The van der Waals surface area contributed by atoms with Crippen LogP contribution in [0.1, 0.15) is 12.8 Å². The molecule has 9 nitrogen and oxygen atoms in total. The number of aryl methyl sites for hydroxylation is 1. The van der Waals surface area contributed by atoms with Crippen LogP contribution in [0.5, 0.6) is 0 Å². The van der Waals surface area contributed by atoms with Crippen LogP contribution in [-0.2, 0) is 7.05 Å². The summed E-state index contributed by atoms with van der Waals surface area (Å²) in [6.45, 7) is 1.20. The maximum atomic E-state index is 14.4. The first-order valence-electron chi connectivity index (χ1n) is 11.4. The van der Waals surface area contributed by atoms with Crippen molar-refractivity contribution in [1.29, 1.82) is 0 Å². The Hall–Kier alpha value is -3.63. The van der Waals surface area contributed by atoms with Gasteiger partial charge < -0.3 is 20.9 Å². The second kappa shape index (κ2) is 10.2. The van der Waals surface area contributed by atoms with Gasteiger partial charge in [-0.15, -0.1) is 0 Å². The first-order chi connectivity index (χ1) is 17.4. The molecule has 36 heavy (non-hydrogen) atoms. The van der Waals surface area contributed by atoms with Gasteiger partial charge in [-0.2, -0.15) is 4.98 Å². The third-order valence-corrected chi connectivity index (χ3v) is 6.44. The maximum Gasteiger partial charge on any atom is 0.321 e. The number of nitrogens with one attached hydrogen (secondary N) is 3. The second-order valence-electron chi connectivity index (χ2n) is 8.49. The number of para-hydroxylation sites is 1. The van der Waals surface area contributed by atoms with E-state index in [1.807, 2.05) is 30.3 Å². The third kappa shape index (κ3) is 5.14. The van der Waals surface area contributed by atoms with Gasteiger partial charge in [0.15, 0.2) is 5.65 Å². The Morgan fingerprint density at radius 3 is 2.75 bits per heavy atom. The Morgan fingerprint density at radius 2 is 1.97 bits per heavy atom. The highest BCUT2D eigenvalue weighted by molar-refractivity contribution is 6.36. The Morgan fingerprint density at radius 1 is 1.17 bits per heavy atom. The summed E-state index contributed by atoms with van der Waals surface area (Å²) in [6, 6.07) is 11.8. The molecule has 0 saturated carbocycles. The molecule has 0 bridgehead atoms. The minimum absolute atomic E-state index is 0.00878. The second-order valence-corrected chi connectivity index (χ2v) is 9.34. The van der Waals surface area contributed by atoms with Gasteiger partial charge >= 0.3 is 6.03 Å². The molecule has 186 valence electrons. The van der Waals surface area contributed by atoms with E-state index in [-0.39, 0.29) is 27.8 Å². The quantitative estimate of drug-likeness (QED) is 0.309. The summed E-state index contributed by atoms with van der Waals surface area (Å²) in [5.41, 5.74) is 1.91. The van der Waals surface area contributed by atoms with Gasteiger partial charge in [-0.05, 0) is 37.1 Å². The van der Waals surface area contributed by atoms with E-state index in [9.17, 15) is 9.18 Å². The number of urea groups is 1. The van der Waals surface area contributed by atoms with E-state index in [2.05, 4.69) is 30.9 Å². The smallest absolute Gasteiger partial charge is 0.321 e. The Labute approximate surface area is 216 Å². The van der Waals surface area contributed by atoms with Crippen LogP contribution in [0.2, 0.25) is 10.0 Å². The zero-order valence-electron chi connectivity index (χ0n) is 19.3. The number of carbonyl (C=O) groups is 1. The van der Waals surface area contributed by atoms with Gasteiger partial charge in [-0.3, -0.25) is 4.57 Å². The standard InChI is InChI=1S/C24H23Cl2FN8O/c1-34-21-19(31-23(34)32-20-17(26)10-14(25)11-18(20)27)12-28-22(33-21)29-16-8-5-9-35(13-16)24(36)30-15-6-3-2-4-7-15/h2-4,6-7,10-12,16H,5,8-9,13H2,1H3,(H,30,36)(H,31,32)(H,28,29,33)/t16-/m1/s1. The zero-order chi connectivity index (χ0) is 25.2. The molecule has 0 spiro atoms. The summed E-state index contributed by atoms with van der Waals surface area (Å²) >= 11 is 12.0. The average Bonchev–Trinajstić information content (AvgIpc) is 3.17. The van der Waals surface area contributed by atoms with Gasteiger partial charge in [0, 0.05) is 36.9 Å². The molecule has 0 radical (unpaired) electrons. The normalized spacial score (nSPS) is 15.7. The predicted molar refractivity (Wildman–Crippen MR) is 140 cm³/mol. The van der Waals surface area contributed by atoms with Crippen LogP contribution in [0.3, 0.4) is 0 Å². The monoisotopic (exact) mass is 528 g/mol. The summed E-state index contributed by atoms with van der Waals surface area (Å²) in [7, 11) is 1.76. The highest BCUT2D eigenvalue weighted by Crippen LogP contribution is 2.32. The van der Waals surface area contributed by atoms with Crippen molar-refractivity contribution in [2.75, 3.05) is 29.0 Å². The number of hydrogen-bond acceptors (Lipinski definition) is 6. The van der Waals surface area contributed by atoms with Crippen molar-refractivity contribution in [3.63, 3.8) is 0 Å². The Kier molecular flexibility index (Phi) is 6.80. The van der Waals surface area contributed by atoms with Crippen LogP contribution in [-0.4, -0.2) is 49.6 Å². The number of nitrogens with zero attached hydrogens (tertiary/aromatic N) is 5. The number of hydrogen-bond donors (Lipinski definition) is 3. The van der Waals surface area contributed by atoms with Gasteiger partial charge in [-0.1, -0.05) is 41.4 Å². The molecule has 1 saturated heterocycles. The molecule has 1 aliphatic heterocycles. The number of carbonyl (C=O) groups excluding carboxylic acids is 1. The van der Waals surface area contributed by atoms with Crippen LogP contribution in [0.4, 0.5) is 32.5 Å². The molecule has 1 fully saturated rings. The SMILES string of the molecule is Cn1c(Nc2c(F)cc(Cl)cc2Cl)nc2cnc(N[C@@H]3CCCN(C(=O)Nc4ccccc4)C3)nc21. The minimum atomic E-state index is -0.592. The molecule has 3 N–H and O–H groups in total. The number of anilines is 4. The molecular weight excluding hydrogens is 506 g/mol. The minimum Gasteiger partial charge on any atom is -0.350 e. The molecular formula is C24H23Cl2FN8O. The lowest BCUT2D eigenvalue weighted by Gasteiger charge is -2.33. The van der Waals surface area contributed by atoms with Crippen molar-refractivity contribution in [3.05, 3.63) is 64.5 Å². The van der Waals surface area contributed by atoms with E-state index in [0.29, 0.717) is 36.2 Å². The number of halogens is 3. The number of piperidine rings is 1. The number of likely N-dealkylation sites (tertiary alicyclic amines) is 1. The number of benzene rings is 2. The lowest BCUT2D eigenvalue weighted by molar-refractivity contribution is 0.196. The van der Waals surface area contributed by atoms with Gasteiger partial charge in [-0.25, -0.2) is 19.2 Å². The lowest BCUT2D eigenvalue weighted by Crippen LogP contribution is -2.47. The third-order valence-electron chi connectivity index (χ3n) is 5.92. The van der Waals surface area contributed by atoms with E-state index in [1.165, 1.54) is 12.1 Å². The average molecular weight is 529 g/mol. The molecule has 5 rings (SSSR count). The summed E-state index contributed by atoms with van der Waals surface area (Å²) < 4.78 is 16.1. The molecule has 4 aromatic rings. The van der Waals surface area contributed by atoms with Crippen molar-refractivity contribution in [2.45, 2.75) is 18.9 Å². The number of imidazole rings is 1. The van der Waals surface area contributed by atoms with Crippen LogP contribution in [0.15, 0.2) is 48.7 Å². The number of aromatic nitrogens is 4. The van der Waals surface area contributed by atoms with E-state index in [0.717, 1.165) is 18.5 Å². The van der Waals surface area contributed by atoms with Gasteiger partial charge in [0.25, 0.3) is 0 Å². The zero-order valence-corrected chi connectivity index (χ0v) is 20.8. The van der Waals surface area contributed by atoms with Gasteiger partial charge in [0.2, 0.25) is 11.9 Å². The molecule has 2 aromatic heterocycles. The lowest BCUT2D eigenvalue weighted by atomic mass is 10.1. The molecule has 0 aliphatic carbocycles.